The SMILES string of the molecule is COC(=O)C1=CO[C@@H](O[C@@H]2O[C@H](CO)[C@@H](O)[C@H](O)[C@H]2O)[C@H]2[C@@H]1[C@H](OC(=O)/C(C)=C/CC/C(C)=C\CO)[C@@H]1O[C@]21C. The van der Waals surface area contributed by atoms with Crippen LogP contribution in [-0.2, 0) is 38.0 Å². The summed E-state index contributed by atoms with van der Waals surface area (Å²) in [5.41, 5.74) is 0.530. The topological polar surface area (TPSA) is 194 Å². The van der Waals surface area contributed by atoms with Crippen LogP contribution < -0.4 is 0 Å². The number of methoxy groups -OCH3 is 1. The number of esters is 2. The third-order valence-corrected chi connectivity index (χ3v) is 8.10. The smallest absolute Gasteiger partial charge is 0.337 e. The van der Waals surface area contributed by atoms with Gasteiger partial charge in [0.05, 0.1) is 38.1 Å². The van der Waals surface area contributed by atoms with Crippen LogP contribution in [0.2, 0.25) is 0 Å². The molecule has 11 atom stereocenters. The molecule has 0 bridgehead atoms. The maximum Gasteiger partial charge on any atom is 0.337 e. The number of aliphatic hydroxyl groups is 5. The normalized spacial score (nSPS) is 40.9. The van der Waals surface area contributed by atoms with Crippen molar-refractivity contribution in [2.75, 3.05) is 20.3 Å². The molecule has 3 fully saturated rings. The van der Waals surface area contributed by atoms with Gasteiger partial charge in [0.2, 0.25) is 6.29 Å². The van der Waals surface area contributed by atoms with Crippen LogP contribution in [0.15, 0.2) is 35.1 Å². The average Bonchev–Trinajstić information content (AvgIpc) is 3.56. The van der Waals surface area contributed by atoms with Gasteiger partial charge in [0.15, 0.2) is 6.29 Å². The average molecular weight is 571 g/mol. The number of carbonyl (C=O) groups excluding carboxylic acids is 2. The van der Waals surface area contributed by atoms with E-state index in [-0.39, 0.29) is 12.2 Å². The number of epoxide rings is 1. The predicted molar refractivity (Wildman–Crippen MR) is 134 cm³/mol. The molecule has 1 saturated carbocycles. The van der Waals surface area contributed by atoms with Crippen molar-refractivity contribution in [3.8, 4) is 0 Å². The molecule has 2 saturated heterocycles. The van der Waals surface area contributed by atoms with Crippen molar-refractivity contribution >= 4 is 11.9 Å². The first kappa shape index (κ1) is 30.6. The van der Waals surface area contributed by atoms with E-state index in [1.807, 2.05) is 6.92 Å². The van der Waals surface area contributed by atoms with Gasteiger partial charge in [-0.15, -0.1) is 0 Å². The summed E-state index contributed by atoms with van der Waals surface area (Å²) in [4.78, 5) is 25.7. The Morgan fingerprint density at radius 1 is 1.07 bits per heavy atom. The molecule has 0 amide bonds. The first-order valence-corrected chi connectivity index (χ1v) is 13.2. The van der Waals surface area contributed by atoms with Gasteiger partial charge in [-0.1, -0.05) is 17.7 Å². The quantitative estimate of drug-likeness (QED) is 0.0949. The first-order valence-electron chi connectivity index (χ1n) is 13.2. The lowest BCUT2D eigenvalue weighted by Gasteiger charge is -2.43. The third kappa shape index (κ3) is 5.70. The number of aliphatic hydroxyl groups excluding tert-OH is 5. The molecule has 40 heavy (non-hydrogen) atoms. The molecule has 224 valence electrons. The van der Waals surface area contributed by atoms with Gasteiger partial charge < -0.3 is 54.0 Å². The van der Waals surface area contributed by atoms with Crippen molar-refractivity contribution in [1.82, 2.24) is 0 Å². The highest BCUT2D eigenvalue weighted by atomic mass is 16.8. The van der Waals surface area contributed by atoms with E-state index in [1.54, 1.807) is 26.0 Å². The molecule has 0 aromatic carbocycles. The van der Waals surface area contributed by atoms with Crippen molar-refractivity contribution in [1.29, 1.82) is 0 Å². The van der Waals surface area contributed by atoms with Gasteiger partial charge in [0.1, 0.15) is 42.2 Å². The Labute approximate surface area is 231 Å². The Morgan fingerprint density at radius 2 is 1.80 bits per heavy atom. The lowest BCUT2D eigenvalue weighted by Crippen LogP contribution is -2.60. The number of rotatable bonds is 10. The van der Waals surface area contributed by atoms with E-state index in [2.05, 4.69) is 0 Å². The predicted octanol–water partition coefficient (Wildman–Crippen LogP) is -0.803. The highest BCUT2D eigenvalue weighted by Crippen LogP contribution is 2.62. The Morgan fingerprint density at radius 3 is 2.45 bits per heavy atom. The van der Waals surface area contributed by atoms with Crippen molar-refractivity contribution in [3.05, 3.63) is 35.1 Å². The van der Waals surface area contributed by atoms with E-state index in [0.29, 0.717) is 18.4 Å². The van der Waals surface area contributed by atoms with Crippen LogP contribution in [0.25, 0.3) is 0 Å². The Balaban J connectivity index is 1.54. The monoisotopic (exact) mass is 570 g/mol. The molecule has 4 rings (SSSR count). The van der Waals surface area contributed by atoms with E-state index >= 15 is 0 Å². The molecule has 0 radical (unpaired) electrons. The Bertz CT molecular complexity index is 1050. The molecule has 4 aliphatic rings. The summed E-state index contributed by atoms with van der Waals surface area (Å²) in [6, 6.07) is 0. The highest BCUT2D eigenvalue weighted by Gasteiger charge is 2.76. The van der Waals surface area contributed by atoms with Crippen molar-refractivity contribution in [3.63, 3.8) is 0 Å². The van der Waals surface area contributed by atoms with Gasteiger partial charge in [-0.3, -0.25) is 0 Å². The summed E-state index contributed by atoms with van der Waals surface area (Å²) in [5.74, 6) is -2.76. The summed E-state index contributed by atoms with van der Waals surface area (Å²) in [6.45, 7) is 4.58. The lowest BCUT2D eigenvalue weighted by atomic mass is 9.81. The molecule has 0 aromatic heterocycles. The minimum Gasteiger partial charge on any atom is -0.471 e. The Hall–Kier alpha value is -2.36. The van der Waals surface area contributed by atoms with Crippen LogP contribution >= 0.6 is 0 Å². The van der Waals surface area contributed by atoms with Gasteiger partial charge in [-0.2, -0.15) is 0 Å². The fourth-order valence-corrected chi connectivity index (χ4v) is 5.70. The maximum absolute atomic E-state index is 13.0. The van der Waals surface area contributed by atoms with E-state index < -0.39 is 85.2 Å². The Kier molecular flexibility index (Phi) is 9.37. The number of ether oxygens (including phenoxy) is 6. The van der Waals surface area contributed by atoms with E-state index in [4.69, 9.17) is 33.5 Å². The van der Waals surface area contributed by atoms with Crippen LogP contribution in [0.1, 0.15) is 33.6 Å². The number of fused-ring (bicyclic) bond motifs is 3. The maximum atomic E-state index is 13.0. The highest BCUT2D eigenvalue weighted by molar-refractivity contribution is 5.90. The fourth-order valence-electron chi connectivity index (χ4n) is 5.70. The zero-order chi connectivity index (χ0) is 29.4. The van der Waals surface area contributed by atoms with Gasteiger partial charge in [0, 0.05) is 11.5 Å². The van der Waals surface area contributed by atoms with Crippen molar-refractivity contribution in [2.24, 2.45) is 11.8 Å². The standard InChI is InChI=1S/C27H38O13/c1-12(8-9-28)6-5-7-13(2)23(33)38-21-16-14(24(34)35-4)11-36-25(17(16)27(3)22(21)40-27)39-26-20(32)19(31)18(30)15(10-29)37-26/h7-8,11,15-22,25-26,28-32H,5-6,9-10H2,1-4H3/b12-8-,13-7+/t15-,16-,17-,18-,19+,20-,21+,22+,25+,26+,27-/m1/s1. The summed E-state index contributed by atoms with van der Waals surface area (Å²) in [6.07, 6.45) is -4.46. The molecule has 0 aromatic rings. The molecule has 13 heteroatoms. The van der Waals surface area contributed by atoms with Crippen LogP contribution in [0, 0.1) is 11.8 Å². The zero-order valence-corrected chi connectivity index (χ0v) is 22.8. The van der Waals surface area contributed by atoms with Crippen molar-refractivity contribution < 1.29 is 63.5 Å². The first-order chi connectivity index (χ1) is 19.0. The third-order valence-electron chi connectivity index (χ3n) is 8.10. The van der Waals surface area contributed by atoms with E-state index in [1.165, 1.54) is 7.11 Å². The molecule has 0 spiro atoms. The summed E-state index contributed by atoms with van der Waals surface area (Å²) >= 11 is 0. The molecule has 3 aliphatic heterocycles. The van der Waals surface area contributed by atoms with E-state index in [9.17, 15) is 30.0 Å². The summed E-state index contributed by atoms with van der Waals surface area (Å²) in [5, 5.41) is 49.2. The molecule has 5 N–H and O–H groups in total. The van der Waals surface area contributed by atoms with Gasteiger partial charge in [0.25, 0.3) is 0 Å². The molecule has 1 aliphatic carbocycles. The van der Waals surface area contributed by atoms with Crippen LogP contribution in [0.5, 0.6) is 0 Å². The number of carbonyl (C=O) groups is 2. The molecule has 13 nitrogen and oxygen atoms in total. The second kappa shape index (κ2) is 12.2. The second-order valence-electron chi connectivity index (χ2n) is 10.7. The van der Waals surface area contributed by atoms with Gasteiger partial charge >= 0.3 is 11.9 Å². The largest absolute Gasteiger partial charge is 0.471 e. The number of allylic oxidation sites excluding steroid dienone is 2. The second-order valence-corrected chi connectivity index (χ2v) is 10.7. The molecular formula is C27H38O13. The van der Waals surface area contributed by atoms with Gasteiger partial charge in [-0.25, -0.2) is 9.59 Å². The van der Waals surface area contributed by atoms with E-state index in [0.717, 1.165) is 11.8 Å². The van der Waals surface area contributed by atoms with Crippen molar-refractivity contribution in [2.45, 2.75) is 88.4 Å². The zero-order valence-electron chi connectivity index (χ0n) is 22.8. The fraction of sp³-hybridized carbons (Fsp3) is 0.704. The molecular weight excluding hydrogens is 532 g/mol. The minimum atomic E-state index is -1.67. The number of hydrogen-bond acceptors (Lipinski definition) is 13. The molecule has 0 unspecified atom stereocenters. The molecule has 3 heterocycles. The summed E-state index contributed by atoms with van der Waals surface area (Å²) < 4.78 is 33.9. The van der Waals surface area contributed by atoms with Crippen LogP contribution in [0.4, 0.5) is 0 Å². The van der Waals surface area contributed by atoms with Crippen LogP contribution in [-0.4, -0.2) is 113 Å². The number of hydrogen-bond donors (Lipinski definition) is 5. The minimum absolute atomic E-state index is 0.0538. The summed E-state index contributed by atoms with van der Waals surface area (Å²) in [7, 11) is 1.21. The van der Waals surface area contributed by atoms with Crippen LogP contribution in [0.3, 0.4) is 0 Å². The lowest BCUT2D eigenvalue weighted by molar-refractivity contribution is -0.344. The van der Waals surface area contributed by atoms with Gasteiger partial charge in [-0.05, 0) is 33.6 Å².